The van der Waals surface area contributed by atoms with Crippen molar-refractivity contribution in [2.24, 2.45) is 0 Å². The number of para-hydroxylation sites is 4. The fraction of sp³-hybridized carbons (Fsp3) is 0. The van der Waals surface area contributed by atoms with E-state index in [2.05, 4.69) is 170 Å². The van der Waals surface area contributed by atoms with Gasteiger partial charge in [0, 0.05) is 71.5 Å². The highest BCUT2D eigenvalue weighted by molar-refractivity contribution is 6.15. The third-order valence-corrected chi connectivity index (χ3v) is 15.3. The van der Waals surface area contributed by atoms with Crippen LogP contribution in [0.15, 0.2) is 255 Å². The first-order chi connectivity index (χ1) is 39.1. The molecule has 0 aliphatic heterocycles. The number of hydrogen-bond acceptors (Lipinski definition) is 4. The maximum absolute atomic E-state index is 10.1. The van der Waals surface area contributed by atoms with E-state index in [1.165, 1.54) is 21.5 Å². The molecule has 0 fully saturated rings. The van der Waals surface area contributed by atoms with E-state index in [4.69, 9.17) is 21.5 Å². The Balaban J connectivity index is 1.07. The van der Waals surface area contributed by atoms with E-state index in [1.807, 2.05) is 109 Å². The van der Waals surface area contributed by atoms with Crippen LogP contribution in [-0.4, -0.2) is 28.7 Å². The van der Waals surface area contributed by atoms with Crippen LogP contribution in [0, 0.1) is 17.9 Å². The standard InChI is InChI=1S/C71H42N8/c1-73-51-34-32-47(33-35-51)59-41-50(71-75-69(48-16-4-2-5-17-48)74-70(76-71)49-18-6-3-7-19-49)40-58(46-30-28-45(44-72)29-31-46)68(59)79-66-38-36-52(77-62-24-12-8-20-54(62)55-21-9-13-25-63(55)77)42-60(66)61-43-53(37-39-67(61)79)78-64-26-14-10-22-56(64)57-23-11-15-27-65(57)78/h2-43H. The average molecular weight is 1010 g/mol. The van der Waals surface area contributed by atoms with E-state index in [-0.39, 0.29) is 0 Å². The molecule has 0 N–H and O–H groups in total. The minimum Gasteiger partial charge on any atom is -0.309 e. The van der Waals surface area contributed by atoms with Crippen LogP contribution in [0.4, 0.5) is 5.69 Å². The Morgan fingerprint density at radius 2 is 0.696 bits per heavy atom. The van der Waals surface area contributed by atoms with Gasteiger partial charge in [-0.1, -0.05) is 170 Å². The lowest BCUT2D eigenvalue weighted by molar-refractivity contribution is 1.07. The second-order valence-electron chi connectivity index (χ2n) is 19.8. The van der Waals surface area contributed by atoms with Crippen LogP contribution in [0.3, 0.4) is 0 Å². The quantitative estimate of drug-likeness (QED) is 0.142. The molecule has 0 unspecified atom stereocenters. The molecule has 8 heteroatoms. The van der Waals surface area contributed by atoms with E-state index < -0.39 is 0 Å². The number of rotatable bonds is 8. The number of nitriles is 1. The SMILES string of the molecule is [C-]#[N+]c1ccc(-c2cc(-c3nc(-c4ccccc4)nc(-c4ccccc4)n3)cc(-c3ccc(C#N)cc3)c2-n2c3ccc(-n4c5ccccc5c5ccccc54)cc3c3cc(-n4c5ccccc5c5ccccc54)ccc32)cc1. The van der Waals surface area contributed by atoms with Crippen molar-refractivity contribution in [3.05, 3.63) is 272 Å². The summed E-state index contributed by atoms with van der Waals surface area (Å²) >= 11 is 0. The molecule has 0 saturated carbocycles. The van der Waals surface area contributed by atoms with Crippen molar-refractivity contribution in [2.75, 3.05) is 0 Å². The molecule has 0 spiro atoms. The molecule has 0 radical (unpaired) electrons. The number of benzene rings is 11. The van der Waals surface area contributed by atoms with E-state index in [0.29, 0.717) is 28.7 Å². The summed E-state index contributed by atoms with van der Waals surface area (Å²) < 4.78 is 7.17. The molecule has 4 aromatic heterocycles. The average Bonchev–Trinajstić information content (AvgIpc) is 4.39. The minimum atomic E-state index is 0.502. The molecule has 15 aromatic rings. The number of hydrogen-bond donors (Lipinski definition) is 0. The Bertz CT molecular complexity index is 4600. The van der Waals surface area contributed by atoms with Gasteiger partial charge in [-0.25, -0.2) is 19.8 Å². The molecule has 79 heavy (non-hydrogen) atoms. The molecule has 11 aromatic carbocycles. The molecule has 0 atom stereocenters. The maximum Gasteiger partial charge on any atom is 0.187 e. The molecule has 0 saturated heterocycles. The number of nitrogens with zero attached hydrogens (tertiary/aromatic N) is 8. The fourth-order valence-corrected chi connectivity index (χ4v) is 11.7. The molecule has 0 bridgehead atoms. The number of fused-ring (bicyclic) bond motifs is 9. The van der Waals surface area contributed by atoms with Gasteiger partial charge in [0.05, 0.1) is 57.0 Å². The predicted octanol–water partition coefficient (Wildman–Crippen LogP) is 17.9. The predicted molar refractivity (Wildman–Crippen MR) is 321 cm³/mol. The van der Waals surface area contributed by atoms with Crippen molar-refractivity contribution in [1.29, 1.82) is 5.26 Å². The second-order valence-corrected chi connectivity index (χ2v) is 19.8. The maximum atomic E-state index is 10.1. The zero-order valence-corrected chi connectivity index (χ0v) is 42.3. The highest BCUT2D eigenvalue weighted by Gasteiger charge is 2.25. The summed E-state index contributed by atoms with van der Waals surface area (Å²) in [5, 5.41) is 17.0. The van der Waals surface area contributed by atoms with Crippen LogP contribution in [0.25, 0.3) is 144 Å². The van der Waals surface area contributed by atoms with Gasteiger partial charge in [0.1, 0.15) is 0 Å². The van der Waals surface area contributed by atoms with Gasteiger partial charge >= 0.3 is 0 Å². The highest BCUT2D eigenvalue weighted by Crippen LogP contribution is 2.46. The Hall–Kier alpha value is -11.2. The zero-order valence-electron chi connectivity index (χ0n) is 42.3. The van der Waals surface area contributed by atoms with Crippen LogP contribution in [-0.2, 0) is 0 Å². The molecule has 15 rings (SSSR count). The summed E-state index contributed by atoms with van der Waals surface area (Å²) in [4.78, 5) is 19.4. The van der Waals surface area contributed by atoms with Crippen molar-refractivity contribution < 1.29 is 0 Å². The zero-order chi connectivity index (χ0) is 52.6. The molecule has 366 valence electrons. The molecule has 0 aliphatic rings. The minimum absolute atomic E-state index is 0.502. The first-order valence-corrected chi connectivity index (χ1v) is 26.2. The summed E-state index contributed by atoms with van der Waals surface area (Å²) in [6.07, 6.45) is 0. The third-order valence-electron chi connectivity index (χ3n) is 15.3. The summed E-state index contributed by atoms with van der Waals surface area (Å²) in [5.41, 5.74) is 16.7. The van der Waals surface area contributed by atoms with Gasteiger partial charge in [-0.15, -0.1) is 0 Å². The second kappa shape index (κ2) is 18.3. The summed E-state index contributed by atoms with van der Waals surface area (Å²) in [7, 11) is 0. The van der Waals surface area contributed by atoms with Crippen molar-refractivity contribution in [2.45, 2.75) is 0 Å². The summed E-state index contributed by atoms with van der Waals surface area (Å²) in [5.74, 6) is 1.61. The van der Waals surface area contributed by atoms with Gasteiger partial charge in [-0.2, -0.15) is 5.26 Å². The van der Waals surface area contributed by atoms with Crippen LogP contribution >= 0.6 is 0 Å². The van der Waals surface area contributed by atoms with Gasteiger partial charge in [-0.05, 0) is 96.1 Å². The third kappa shape index (κ3) is 7.39. The fourth-order valence-electron chi connectivity index (χ4n) is 11.7. The monoisotopic (exact) mass is 1010 g/mol. The van der Waals surface area contributed by atoms with Crippen molar-refractivity contribution in [3.63, 3.8) is 0 Å². The molecule has 4 heterocycles. The Kier molecular flexibility index (Phi) is 10.5. The lowest BCUT2D eigenvalue weighted by Crippen LogP contribution is -2.04. The van der Waals surface area contributed by atoms with Crippen molar-refractivity contribution >= 4 is 71.1 Å². The van der Waals surface area contributed by atoms with E-state index in [0.717, 1.165) is 99.9 Å². The van der Waals surface area contributed by atoms with Crippen LogP contribution < -0.4 is 0 Å². The first-order valence-electron chi connectivity index (χ1n) is 26.2. The first kappa shape index (κ1) is 45.2. The van der Waals surface area contributed by atoms with Gasteiger partial charge < -0.3 is 13.7 Å². The van der Waals surface area contributed by atoms with Crippen LogP contribution in [0.1, 0.15) is 5.56 Å². The smallest absolute Gasteiger partial charge is 0.187 e. The Morgan fingerprint density at radius 3 is 1.10 bits per heavy atom. The Labute approximate surface area is 454 Å². The van der Waals surface area contributed by atoms with Gasteiger partial charge in [-0.3, -0.25) is 0 Å². The van der Waals surface area contributed by atoms with Crippen LogP contribution in [0.2, 0.25) is 0 Å². The highest BCUT2D eigenvalue weighted by atomic mass is 15.0. The molecule has 0 aliphatic carbocycles. The summed E-state index contributed by atoms with van der Waals surface area (Å²) in [6, 6.07) is 90.6. The van der Waals surface area contributed by atoms with Crippen molar-refractivity contribution in [1.82, 2.24) is 28.7 Å². The molecule has 8 nitrogen and oxygen atoms in total. The molecule has 0 amide bonds. The van der Waals surface area contributed by atoms with E-state index >= 15 is 0 Å². The molecular weight excluding hydrogens is 965 g/mol. The van der Waals surface area contributed by atoms with Gasteiger partial charge in [0.25, 0.3) is 0 Å². The van der Waals surface area contributed by atoms with E-state index in [9.17, 15) is 5.26 Å². The lowest BCUT2D eigenvalue weighted by Gasteiger charge is -2.21. The van der Waals surface area contributed by atoms with Crippen LogP contribution in [0.5, 0.6) is 0 Å². The van der Waals surface area contributed by atoms with E-state index in [1.54, 1.807) is 0 Å². The van der Waals surface area contributed by atoms with Crippen molar-refractivity contribution in [3.8, 4) is 79.5 Å². The Morgan fingerprint density at radius 1 is 0.329 bits per heavy atom. The van der Waals surface area contributed by atoms with Gasteiger partial charge in [0.2, 0.25) is 0 Å². The normalized spacial score (nSPS) is 11.5. The van der Waals surface area contributed by atoms with Gasteiger partial charge in [0.15, 0.2) is 23.2 Å². The number of aromatic nitrogens is 6. The summed E-state index contributed by atoms with van der Waals surface area (Å²) in [6.45, 7) is 7.95. The lowest BCUT2D eigenvalue weighted by atomic mass is 9.92. The largest absolute Gasteiger partial charge is 0.309 e. The molecular formula is C71H42N8. The topological polar surface area (TPSA) is 81.6 Å².